The molecule has 6 nitrogen and oxygen atoms in total. The molecule has 6 heteroatoms. The summed E-state index contributed by atoms with van der Waals surface area (Å²) in [5, 5.41) is 3.20. The second kappa shape index (κ2) is 12.2. The van der Waals surface area contributed by atoms with Crippen LogP contribution in [0.2, 0.25) is 0 Å². The summed E-state index contributed by atoms with van der Waals surface area (Å²) in [5.74, 6) is 0.502. The highest BCUT2D eigenvalue weighted by Gasteiger charge is 2.08. The van der Waals surface area contributed by atoms with Crippen molar-refractivity contribution in [2.24, 2.45) is 10.7 Å². The quantitative estimate of drug-likeness (QED) is 0.367. The van der Waals surface area contributed by atoms with Crippen LogP contribution in [0.4, 0.5) is 0 Å². The van der Waals surface area contributed by atoms with Gasteiger partial charge < -0.3 is 20.5 Å². The molecule has 0 atom stereocenters. The van der Waals surface area contributed by atoms with E-state index in [0.29, 0.717) is 25.7 Å². The first kappa shape index (κ1) is 21.3. The van der Waals surface area contributed by atoms with Gasteiger partial charge in [0, 0.05) is 19.6 Å². The van der Waals surface area contributed by atoms with Crippen LogP contribution in [-0.4, -0.2) is 50.3 Å². The Morgan fingerprint density at radius 3 is 2.34 bits per heavy atom. The molecule has 1 saturated heterocycles. The van der Waals surface area contributed by atoms with Gasteiger partial charge in [-0.25, -0.2) is 4.99 Å². The van der Waals surface area contributed by atoms with Gasteiger partial charge in [-0.3, -0.25) is 4.90 Å². The highest BCUT2D eigenvalue weighted by molar-refractivity contribution is 5.77. The van der Waals surface area contributed by atoms with Gasteiger partial charge in [-0.2, -0.15) is 0 Å². The van der Waals surface area contributed by atoms with Crippen molar-refractivity contribution in [1.82, 2.24) is 10.2 Å². The van der Waals surface area contributed by atoms with E-state index in [4.69, 9.17) is 15.2 Å². The topological polar surface area (TPSA) is 72.1 Å². The number of ether oxygens (including phenoxy) is 2. The number of hydrogen-bond acceptors (Lipinski definition) is 4. The highest BCUT2D eigenvalue weighted by atomic mass is 16.5. The molecule has 0 amide bonds. The van der Waals surface area contributed by atoms with Crippen molar-refractivity contribution < 1.29 is 9.47 Å². The van der Waals surface area contributed by atoms with Crippen molar-refractivity contribution in [1.29, 1.82) is 0 Å². The first-order valence-corrected chi connectivity index (χ1v) is 10.3. The summed E-state index contributed by atoms with van der Waals surface area (Å²) in [7, 11) is 0. The fourth-order valence-electron chi connectivity index (χ4n) is 3.18. The molecular weight excluding hydrogens is 364 g/mol. The van der Waals surface area contributed by atoms with Gasteiger partial charge in [0.15, 0.2) is 5.96 Å². The zero-order valence-corrected chi connectivity index (χ0v) is 17.1. The summed E-state index contributed by atoms with van der Waals surface area (Å²) in [4.78, 5) is 6.85. The van der Waals surface area contributed by atoms with Gasteiger partial charge in [-0.1, -0.05) is 54.6 Å². The average molecular weight is 397 g/mol. The molecule has 3 rings (SSSR count). The number of nitrogens with one attached hydrogen (secondary N) is 1. The predicted octanol–water partition coefficient (Wildman–Crippen LogP) is 2.53. The lowest BCUT2D eigenvalue weighted by Crippen LogP contribution is -2.39. The zero-order valence-electron chi connectivity index (χ0n) is 17.1. The number of aliphatic imine (C=N–C) groups is 1. The average Bonchev–Trinajstić information content (AvgIpc) is 2.78. The minimum Gasteiger partial charge on any atom is -0.379 e. The molecule has 1 heterocycles. The molecule has 0 saturated carbocycles. The maximum absolute atomic E-state index is 5.98. The van der Waals surface area contributed by atoms with E-state index in [1.165, 1.54) is 5.56 Å². The summed E-state index contributed by atoms with van der Waals surface area (Å²) in [6.45, 7) is 7.44. The van der Waals surface area contributed by atoms with E-state index in [1.54, 1.807) is 0 Å². The van der Waals surface area contributed by atoms with E-state index in [1.807, 2.05) is 18.2 Å². The van der Waals surface area contributed by atoms with Crippen LogP contribution >= 0.6 is 0 Å². The lowest BCUT2D eigenvalue weighted by molar-refractivity contribution is 0.0376. The normalized spacial score (nSPS) is 15.4. The van der Waals surface area contributed by atoms with Crippen LogP contribution in [0.1, 0.15) is 23.1 Å². The Morgan fingerprint density at radius 2 is 1.62 bits per heavy atom. The van der Waals surface area contributed by atoms with E-state index >= 15 is 0 Å². The van der Waals surface area contributed by atoms with Gasteiger partial charge in [0.05, 0.1) is 33.0 Å². The predicted molar refractivity (Wildman–Crippen MR) is 117 cm³/mol. The van der Waals surface area contributed by atoms with Crippen molar-refractivity contribution >= 4 is 5.96 Å². The first-order chi connectivity index (χ1) is 14.3. The minimum atomic E-state index is 0.502. The van der Waals surface area contributed by atoms with Gasteiger partial charge >= 0.3 is 0 Å². The summed E-state index contributed by atoms with van der Waals surface area (Å²) in [5.41, 5.74) is 9.45. The Kier molecular flexibility index (Phi) is 8.97. The van der Waals surface area contributed by atoms with Gasteiger partial charge in [-0.15, -0.1) is 0 Å². The summed E-state index contributed by atoms with van der Waals surface area (Å²) >= 11 is 0. The second-order valence-corrected chi connectivity index (χ2v) is 7.23. The number of guanidine groups is 1. The molecule has 0 spiro atoms. The summed E-state index contributed by atoms with van der Waals surface area (Å²) in [6, 6.07) is 18.5. The lowest BCUT2D eigenvalue weighted by atomic mass is 10.1. The summed E-state index contributed by atoms with van der Waals surface area (Å²) in [6.07, 6.45) is 1.05. The number of nitrogens with zero attached hydrogens (tertiary/aromatic N) is 2. The monoisotopic (exact) mass is 396 g/mol. The number of rotatable bonds is 10. The first-order valence-electron chi connectivity index (χ1n) is 10.3. The van der Waals surface area contributed by atoms with Crippen LogP contribution in [0.25, 0.3) is 0 Å². The van der Waals surface area contributed by atoms with Crippen LogP contribution in [0.3, 0.4) is 0 Å². The molecule has 3 N–H and O–H groups in total. The molecule has 2 aromatic carbocycles. The Balaban J connectivity index is 1.31. The molecule has 0 bridgehead atoms. The van der Waals surface area contributed by atoms with E-state index in [0.717, 1.165) is 56.9 Å². The molecule has 1 fully saturated rings. The van der Waals surface area contributed by atoms with Gasteiger partial charge in [-0.05, 0) is 29.7 Å². The molecule has 0 aromatic heterocycles. The molecular formula is C23H32N4O2. The number of hydrogen-bond donors (Lipinski definition) is 2. The van der Waals surface area contributed by atoms with Gasteiger partial charge in [0.2, 0.25) is 0 Å². The standard InChI is InChI=1S/C23H32N4O2/c24-23(25-11-4-12-27-13-15-28-16-14-27)26-17-20-7-9-22(10-8-20)19-29-18-21-5-2-1-3-6-21/h1-3,5-10H,4,11-19H2,(H3,24,25,26). The SMILES string of the molecule is NC(=NCc1ccc(COCc2ccccc2)cc1)NCCCN1CCOCC1. The maximum Gasteiger partial charge on any atom is 0.188 e. The second-order valence-electron chi connectivity index (χ2n) is 7.23. The molecule has 29 heavy (non-hydrogen) atoms. The Bertz CT molecular complexity index is 728. The van der Waals surface area contributed by atoms with E-state index in [9.17, 15) is 0 Å². The molecule has 2 aromatic rings. The van der Waals surface area contributed by atoms with Crippen molar-refractivity contribution in [2.45, 2.75) is 26.2 Å². The van der Waals surface area contributed by atoms with Crippen LogP contribution in [0, 0.1) is 0 Å². The molecule has 0 radical (unpaired) electrons. The van der Waals surface area contributed by atoms with Crippen LogP contribution < -0.4 is 11.1 Å². The molecule has 0 aliphatic carbocycles. The maximum atomic E-state index is 5.98. The zero-order chi connectivity index (χ0) is 20.2. The van der Waals surface area contributed by atoms with E-state index in [-0.39, 0.29) is 0 Å². The number of benzene rings is 2. The minimum absolute atomic E-state index is 0.502. The Morgan fingerprint density at radius 1 is 0.966 bits per heavy atom. The number of morpholine rings is 1. The number of nitrogens with two attached hydrogens (primary N) is 1. The molecule has 1 aliphatic rings. The van der Waals surface area contributed by atoms with Crippen LogP contribution in [0.15, 0.2) is 59.6 Å². The third-order valence-corrected chi connectivity index (χ3v) is 4.90. The largest absolute Gasteiger partial charge is 0.379 e. The van der Waals surface area contributed by atoms with Crippen LogP contribution in [0.5, 0.6) is 0 Å². The lowest BCUT2D eigenvalue weighted by Gasteiger charge is -2.26. The fourth-order valence-corrected chi connectivity index (χ4v) is 3.18. The Labute approximate surface area is 173 Å². The third-order valence-electron chi connectivity index (χ3n) is 4.90. The summed E-state index contributed by atoms with van der Waals surface area (Å²) < 4.78 is 11.1. The van der Waals surface area contributed by atoms with Crippen molar-refractivity contribution in [3.05, 3.63) is 71.3 Å². The van der Waals surface area contributed by atoms with Gasteiger partial charge in [0.1, 0.15) is 0 Å². The Hall–Kier alpha value is -2.41. The smallest absolute Gasteiger partial charge is 0.188 e. The third kappa shape index (κ3) is 8.23. The molecule has 1 aliphatic heterocycles. The van der Waals surface area contributed by atoms with Gasteiger partial charge in [0.25, 0.3) is 0 Å². The van der Waals surface area contributed by atoms with Crippen molar-refractivity contribution in [3.8, 4) is 0 Å². The highest BCUT2D eigenvalue weighted by Crippen LogP contribution is 2.09. The van der Waals surface area contributed by atoms with E-state index < -0.39 is 0 Å². The van der Waals surface area contributed by atoms with E-state index in [2.05, 4.69) is 51.6 Å². The van der Waals surface area contributed by atoms with Crippen LogP contribution in [-0.2, 0) is 29.2 Å². The molecule has 156 valence electrons. The van der Waals surface area contributed by atoms with Crippen molar-refractivity contribution in [2.75, 3.05) is 39.4 Å². The fraction of sp³-hybridized carbons (Fsp3) is 0.435. The van der Waals surface area contributed by atoms with Crippen molar-refractivity contribution in [3.63, 3.8) is 0 Å². The molecule has 0 unspecified atom stereocenters.